The first-order chi connectivity index (χ1) is 11.4. The molecule has 0 saturated heterocycles. The Morgan fingerprint density at radius 1 is 1.29 bits per heavy atom. The molecule has 6 nitrogen and oxygen atoms in total. The molecule has 0 radical (unpaired) electrons. The Bertz CT molecular complexity index is 930. The van der Waals surface area contributed by atoms with Crippen molar-refractivity contribution in [1.29, 1.82) is 0 Å². The fourth-order valence-corrected chi connectivity index (χ4v) is 3.23. The van der Waals surface area contributed by atoms with Gasteiger partial charge >= 0.3 is 0 Å². The van der Waals surface area contributed by atoms with Crippen molar-refractivity contribution in [1.82, 2.24) is 19.7 Å². The zero-order chi connectivity index (χ0) is 17.3. The fourth-order valence-electron chi connectivity index (χ4n) is 2.42. The second-order valence-electron chi connectivity index (χ2n) is 6.27. The van der Waals surface area contributed by atoms with E-state index in [0.29, 0.717) is 33.6 Å². The predicted octanol–water partition coefficient (Wildman–Crippen LogP) is 3.12. The van der Waals surface area contributed by atoms with Gasteiger partial charge in [0, 0.05) is 13.5 Å². The Labute approximate surface area is 144 Å². The van der Waals surface area contributed by atoms with Crippen molar-refractivity contribution in [3.05, 3.63) is 45.8 Å². The van der Waals surface area contributed by atoms with Crippen LogP contribution in [-0.4, -0.2) is 19.7 Å². The van der Waals surface area contributed by atoms with Crippen molar-refractivity contribution in [2.45, 2.75) is 38.1 Å². The number of fused-ring (bicyclic) bond motifs is 1. The summed E-state index contributed by atoms with van der Waals surface area (Å²) in [5.41, 5.74) is 1.71. The molecule has 2 aromatic heterocycles. The minimum absolute atomic E-state index is 0.0442. The van der Waals surface area contributed by atoms with Crippen LogP contribution in [0.15, 0.2) is 32.7 Å². The van der Waals surface area contributed by atoms with Gasteiger partial charge in [-0.2, -0.15) is 4.98 Å². The largest absolute Gasteiger partial charge is 0.338 e. The van der Waals surface area contributed by atoms with Gasteiger partial charge in [0.25, 0.3) is 5.56 Å². The Kier molecular flexibility index (Phi) is 4.71. The lowest BCUT2D eigenvalue weighted by Gasteiger charge is -2.08. The number of benzene rings is 1. The number of nitrogens with zero attached hydrogens (tertiary/aromatic N) is 4. The van der Waals surface area contributed by atoms with Crippen molar-refractivity contribution in [2.24, 2.45) is 13.0 Å². The van der Waals surface area contributed by atoms with Gasteiger partial charge in [0.1, 0.15) is 0 Å². The molecule has 0 aliphatic heterocycles. The van der Waals surface area contributed by atoms with Gasteiger partial charge in [-0.3, -0.25) is 9.36 Å². The Morgan fingerprint density at radius 3 is 2.83 bits per heavy atom. The van der Waals surface area contributed by atoms with Gasteiger partial charge < -0.3 is 4.52 Å². The molecule has 1 aromatic carbocycles. The van der Waals surface area contributed by atoms with Gasteiger partial charge in [-0.15, -0.1) is 0 Å². The Balaban J connectivity index is 1.82. The van der Waals surface area contributed by atoms with Crippen molar-refractivity contribution in [3.63, 3.8) is 0 Å². The molecule has 0 aliphatic rings. The molecule has 0 aliphatic carbocycles. The monoisotopic (exact) mass is 344 g/mol. The predicted molar refractivity (Wildman–Crippen MR) is 94.1 cm³/mol. The van der Waals surface area contributed by atoms with E-state index >= 15 is 0 Å². The number of hydrogen-bond donors (Lipinski definition) is 0. The number of thioether (sulfide) groups is 1. The molecule has 0 fully saturated rings. The van der Waals surface area contributed by atoms with Crippen LogP contribution in [0, 0.1) is 12.8 Å². The Hall–Kier alpha value is -2.15. The molecule has 0 atom stereocenters. The van der Waals surface area contributed by atoms with Crippen LogP contribution < -0.4 is 5.56 Å². The summed E-state index contributed by atoms with van der Waals surface area (Å²) >= 11 is 1.42. The highest BCUT2D eigenvalue weighted by molar-refractivity contribution is 7.98. The van der Waals surface area contributed by atoms with Crippen LogP contribution in [0.25, 0.3) is 10.9 Å². The summed E-state index contributed by atoms with van der Waals surface area (Å²) < 4.78 is 6.83. The summed E-state index contributed by atoms with van der Waals surface area (Å²) in [7, 11) is 1.73. The van der Waals surface area contributed by atoms with Crippen molar-refractivity contribution >= 4 is 22.7 Å². The van der Waals surface area contributed by atoms with Crippen molar-refractivity contribution in [3.8, 4) is 0 Å². The van der Waals surface area contributed by atoms with Crippen LogP contribution in [0.4, 0.5) is 0 Å². The quantitative estimate of drug-likeness (QED) is 0.523. The number of aryl methyl sites for hydroxylation is 1. The van der Waals surface area contributed by atoms with E-state index in [2.05, 4.69) is 29.0 Å². The van der Waals surface area contributed by atoms with Gasteiger partial charge in [0.2, 0.25) is 5.89 Å². The van der Waals surface area contributed by atoms with E-state index in [1.54, 1.807) is 11.6 Å². The van der Waals surface area contributed by atoms with E-state index in [-0.39, 0.29) is 5.56 Å². The molecule has 126 valence electrons. The van der Waals surface area contributed by atoms with Crippen LogP contribution >= 0.6 is 11.8 Å². The highest BCUT2D eigenvalue weighted by atomic mass is 32.2. The van der Waals surface area contributed by atoms with Crippen LogP contribution in [0.3, 0.4) is 0 Å². The molecule has 0 N–H and O–H groups in total. The maximum Gasteiger partial charge on any atom is 0.261 e. The fraction of sp³-hybridized carbons (Fsp3) is 0.412. The van der Waals surface area contributed by atoms with Crippen molar-refractivity contribution < 1.29 is 4.52 Å². The Morgan fingerprint density at radius 2 is 2.08 bits per heavy atom. The van der Waals surface area contributed by atoms with E-state index in [0.717, 1.165) is 17.8 Å². The highest BCUT2D eigenvalue weighted by Gasteiger charge is 2.12. The molecule has 24 heavy (non-hydrogen) atoms. The summed E-state index contributed by atoms with van der Waals surface area (Å²) in [5.74, 6) is 2.24. The minimum Gasteiger partial charge on any atom is -0.338 e. The van der Waals surface area contributed by atoms with E-state index in [1.807, 2.05) is 25.1 Å². The third kappa shape index (κ3) is 3.51. The summed E-state index contributed by atoms with van der Waals surface area (Å²) in [6.45, 7) is 6.19. The van der Waals surface area contributed by atoms with Gasteiger partial charge in [-0.05, 0) is 25.0 Å². The standard InChI is InChI=1S/C17H20N4O2S/c1-10(2)7-14-19-15(23-20-14)9-24-17-18-13-6-5-11(3)8-12(13)16(22)21(17)4/h5-6,8,10H,7,9H2,1-4H3. The first kappa shape index (κ1) is 16.7. The molecule has 0 bridgehead atoms. The average Bonchev–Trinajstić information content (AvgIpc) is 2.97. The smallest absolute Gasteiger partial charge is 0.261 e. The number of hydrogen-bond acceptors (Lipinski definition) is 6. The van der Waals surface area contributed by atoms with E-state index < -0.39 is 0 Å². The topological polar surface area (TPSA) is 73.8 Å². The molecule has 2 heterocycles. The van der Waals surface area contributed by atoms with Gasteiger partial charge in [0.05, 0.1) is 16.7 Å². The molecule has 3 rings (SSSR count). The molecule has 7 heteroatoms. The second kappa shape index (κ2) is 6.76. The average molecular weight is 344 g/mol. The molecule has 0 unspecified atom stereocenters. The summed E-state index contributed by atoms with van der Waals surface area (Å²) in [6, 6.07) is 5.71. The number of rotatable bonds is 5. The normalized spacial score (nSPS) is 11.5. The molecule has 0 spiro atoms. The zero-order valence-electron chi connectivity index (χ0n) is 14.2. The van der Waals surface area contributed by atoms with Gasteiger partial charge in [0.15, 0.2) is 11.0 Å². The first-order valence-corrected chi connectivity index (χ1v) is 8.84. The van der Waals surface area contributed by atoms with E-state index in [4.69, 9.17) is 4.52 Å². The zero-order valence-corrected chi connectivity index (χ0v) is 15.1. The maximum absolute atomic E-state index is 12.5. The lowest BCUT2D eigenvalue weighted by atomic mass is 10.1. The van der Waals surface area contributed by atoms with E-state index in [9.17, 15) is 4.79 Å². The molecule has 0 saturated carbocycles. The summed E-state index contributed by atoms with van der Waals surface area (Å²) in [4.78, 5) is 21.5. The lowest BCUT2D eigenvalue weighted by molar-refractivity contribution is 0.382. The lowest BCUT2D eigenvalue weighted by Crippen LogP contribution is -2.20. The van der Waals surface area contributed by atoms with Gasteiger partial charge in [-0.1, -0.05) is 42.4 Å². The van der Waals surface area contributed by atoms with Crippen LogP contribution in [-0.2, 0) is 19.2 Å². The third-order valence-corrected chi connectivity index (χ3v) is 4.63. The highest BCUT2D eigenvalue weighted by Crippen LogP contribution is 2.21. The minimum atomic E-state index is -0.0442. The molecule has 3 aromatic rings. The van der Waals surface area contributed by atoms with E-state index in [1.165, 1.54) is 11.8 Å². The molecule has 0 amide bonds. The van der Waals surface area contributed by atoms with Crippen LogP contribution in [0.1, 0.15) is 31.1 Å². The molecular formula is C17H20N4O2S. The van der Waals surface area contributed by atoms with Gasteiger partial charge in [-0.25, -0.2) is 4.98 Å². The van der Waals surface area contributed by atoms with Crippen LogP contribution in [0.5, 0.6) is 0 Å². The summed E-state index contributed by atoms with van der Waals surface area (Å²) in [6.07, 6.45) is 0.792. The molecular weight excluding hydrogens is 324 g/mol. The second-order valence-corrected chi connectivity index (χ2v) is 7.21. The number of aromatic nitrogens is 4. The first-order valence-electron chi connectivity index (χ1n) is 7.85. The third-order valence-electron chi connectivity index (χ3n) is 3.62. The summed E-state index contributed by atoms with van der Waals surface area (Å²) in [5, 5.41) is 5.26. The van der Waals surface area contributed by atoms with Crippen LogP contribution in [0.2, 0.25) is 0 Å². The van der Waals surface area contributed by atoms with Crippen molar-refractivity contribution in [2.75, 3.05) is 0 Å². The SMILES string of the molecule is Cc1ccc2nc(SCc3nc(CC(C)C)no3)n(C)c(=O)c2c1. The maximum atomic E-state index is 12.5.